The van der Waals surface area contributed by atoms with Gasteiger partial charge in [-0.3, -0.25) is 4.68 Å². The van der Waals surface area contributed by atoms with Gasteiger partial charge in [-0.05, 0) is 12.1 Å². The second-order valence-corrected chi connectivity index (χ2v) is 5.55. The third-order valence-electron chi connectivity index (χ3n) is 3.32. The predicted octanol–water partition coefficient (Wildman–Crippen LogP) is 3.27. The first-order valence-corrected chi connectivity index (χ1v) is 7.58. The van der Waals surface area contributed by atoms with Gasteiger partial charge in [0.1, 0.15) is 29.7 Å². The maximum Gasteiger partial charge on any atom is 0.417 e. The van der Waals surface area contributed by atoms with Crippen LogP contribution >= 0.6 is 11.6 Å². The fourth-order valence-electron chi connectivity index (χ4n) is 2.16. The van der Waals surface area contributed by atoms with Gasteiger partial charge >= 0.3 is 6.18 Å². The summed E-state index contributed by atoms with van der Waals surface area (Å²) in [7, 11) is 0. The van der Waals surface area contributed by atoms with Crippen LogP contribution in [0, 0.1) is 0 Å². The van der Waals surface area contributed by atoms with Crippen molar-refractivity contribution in [1.29, 1.82) is 0 Å². The van der Waals surface area contributed by atoms with Crippen LogP contribution in [-0.2, 0) is 12.7 Å². The fourth-order valence-corrected chi connectivity index (χ4v) is 2.27. The third-order valence-corrected chi connectivity index (χ3v) is 3.55. The normalized spacial score (nSPS) is 12.8. The van der Waals surface area contributed by atoms with E-state index >= 15 is 0 Å². The van der Waals surface area contributed by atoms with Gasteiger partial charge < -0.3 is 9.84 Å². The van der Waals surface area contributed by atoms with Crippen LogP contribution in [0.1, 0.15) is 17.2 Å². The number of hydrogen-bond acceptors (Lipinski definition) is 6. The van der Waals surface area contributed by atoms with Gasteiger partial charge in [-0.2, -0.15) is 18.3 Å². The van der Waals surface area contributed by atoms with Crippen molar-refractivity contribution < 1.29 is 23.0 Å². The lowest BCUT2D eigenvalue weighted by Crippen LogP contribution is -2.16. The van der Waals surface area contributed by atoms with Crippen molar-refractivity contribution in [3.63, 3.8) is 0 Å². The van der Waals surface area contributed by atoms with Crippen molar-refractivity contribution in [2.75, 3.05) is 0 Å². The van der Waals surface area contributed by atoms with Crippen molar-refractivity contribution in [1.82, 2.24) is 24.7 Å². The smallest absolute Gasteiger partial charge is 0.417 e. The van der Waals surface area contributed by atoms with Crippen molar-refractivity contribution in [3.8, 4) is 11.6 Å². The average molecular weight is 386 g/mol. The molecule has 1 atom stereocenters. The molecule has 26 heavy (non-hydrogen) atoms. The van der Waals surface area contributed by atoms with Crippen molar-refractivity contribution in [2.45, 2.75) is 18.8 Å². The number of halogens is 4. The Kier molecular flexibility index (Phi) is 5.05. The minimum Gasteiger partial charge on any atom is -0.437 e. The number of ether oxygens (including phenoxy) is 1. The molecule has 1 N–H and O–H groups in total. The molecule has 3 rings (SSSR count). The molecule has 7 nitrogen and oxygen atoms in total. The summed E-state index contributed by atoms with van der Waals surface area (Å²) in [6, 6.07) is 3.59. The highest BCUT2D eigenvalue weighted by Gasteiger charge is 2.36. The van der Waals surface area contributed by atoms with Crippen LogP contribution in [0.3, 0.4) is 0 Å². The topological polar surface area (TPSA) is 86.0 Å². The molecule has 3 aromatic heterocycles. The minimum absolute atomic E-state index is 0.172. The van der Waals surface area contributed by atoms with E-state index < -0.39 is 23.4 Å². The molecular weight excluding hydrogens is 375 g/mol. The van der Waals surface area contributed by atoms with Crippen molar-refractivity contribution in [2.24, 2.45) is 0 Å². The number of aliphatic hydroxyl groups excluding tert-OH is 1. The van der Waals surface area contributed by atoms with Gasteiger partial charge in [0.05, 0.1) is 18.3 Å². The summed E-state index contributed by atoms with van der Waals surface area (Å²) in [6.45, 7) is -0.202. The number of aliphatic hydroxyl groups is 1. The standard InChI is InChI=1S/C15H11ClF3N5O2/c16-13-2-1-9(4-21-13)26-14-3-11(15(17,18)19)10(5-22-14)12(25)6-24-8-20-7-23-24/h1-5,7-8,12,25H,6H2. The third kappa shape index (κ3) is 4.27. The molecule has 136 valence electrons. The molecule has 0 amide bonds. The number of hydrogen-bond donors (Lipinski definition) is 1. The van der Waals surface area contributed by atoms with Gasteiger partial charge in [-0.25, -0.2) is 15.0 Å². The zero-order valence-corrected chi connectivity index (χ0v) is 13.7. The van der Waals surface area contributed by atoms with Crippen LogP contribution in [0.4, 0.5) is 13.2 Å². The highest BCUT2D eigenvalue weighted by atomic mass is 35.5. The monoisotopic (exact) mass is 385 g/mol. The van der Waals surface area contributed by atoms with E-state index in [2.05, 4.69) is 20.1 Å². The first-order valence-electron chi connectivity index (χ1n) is 7.20. The number of pyridine rings is 2. The minimum atomic E-state index is -4.71. The lowest BCUT2D eigenvalue weighted by Gasteiger charge is -2.18. The number of alkyl halides is 3. The average Bonchev–Trinajstić information content (AvgIpc) is 3.09. The second kappa shape index (κ2) is 7.26. The van der Waals surface area contributed by atoms with Gasteiger partial charge in [-0.15, -0.1) is 0 Å². The molecule has 0 saturated carbocycles. The number of aromatic nitrogens is 5. The first-order chi connectivity index (χ1) is 12.3. The Bertz CT molecular complexity index is 872. The van der Waals surface area contributed by atoms with E-state index in [-0.39, 0.29) is 23.3 Å². The molecule has 0 spiro atoms. The summed E-state index contributed by atoms with van der Waals surface area (Å²) in [5.41, 5.74) is -1.45. The quantitative estimate of drug-likeness (QED) is 0.678. The zero-order valence-electron chi connectivity index (χ0n) is 12.9. The second-order valence-electron chi connectivity index (χ2n) is 5.16. The number of rotatable bonds is 5. The van der Waals surface area contributed by atoms with E-state index in [1.807, 2.05) is 0 Å². The van der Waals surface area contributed by atoms with Gasteiger partial charge in [0.15, 0.2) is 0 Å². The van der Waals surface area contributed by atoms with Crippen LogP contribution in [0.2, 0.25) is 5.15 Å². The van der Waals surface area contributed by atoms with E-state index in [4.69, 9.17) is 16.3 Å². The molecule has 0 aliphatic carbocycles. The van der Waals surface area contributed by atoms with Gasteiger partial charge in [0.2, 0.25) is 5.88 Å². The maximum absolute atomic E-state index is 13.4. The molecule has 0 bridgehead atoms. The number of nitrogens with zero attached hydrogens (tertiary/aromatic N) is 5. The summed E-state index contributed by atoms with van der Waals surface area (Å²) >= 11 is 5.64. The van der Waals surface area contributed by atoms with E-state index in [1.54, 1.807) is 0 Å². The first kappa shape index (κ1) is 18.1. The van der Waals surface area contributed by atoms with E-state index in [0.29, 0.717) is 6.07 Å². The summed E-state index contributed by atoms with van der Waals surface area (Å²) in [5, 5.41) is 14.1. The molecule has 0 aromatic carbocycles. The van der Waals surface area contributed by atoms with Crippen LogP contribution in [0.5, 0.6) is 11.6 Å². The zero-order chi connectivity index (χ0) is 18.7. The predicted molar refractivity (Wildman–Crippen MR) is 83.5 cm³/mol. The van der Waals surface area contributed by atoms with Gasteiger partial charge in [-0.1, -0.05) is 11.6 Å². The Morgan fingerprint density at radius 1 is 1.23 bits per heavy atom. The van der Waals surface area contributed by atoms with Crippen LogP contribution in [0.15, 0.2) is 43.2 Å². The fraction of sp³-hybridized carbons (Fsp3) is 0.200. The van der Waals surface area contributed by atoms with Gasteiger partial charge in [0, 0.05) is 17.8 Å². The molecule has 3 heterocycles. The maximum atomic E-state index is 13.4. The molecule has 0 aliphatic heterocycles. The Hall–Kier alpha value is -2.72. The van der Waals surface area contributed by atoms with Crippen molar-refractivity contribution >= 4 is 11.6 Å². The molecule has 0 aliphatic rings. The van der Waals surface area contributed by atoms with Crippen LogP contribution in [-0.4, -0.2) is 29.8 Å². The Morgan fingerprint density at radius 2 is 2.04 bits per heavy atom. The summed E-state index contributed by atoms with van der Waals surface area (Å²) in [6.07, 6.45) is -1.51. The highest BCUT2D eigenvalue weighted by molar-refractivity contribution is 6.29. The molecule has 0 radical (unpaired) electrons. The van der Waals surface area contributed by atoms with E-state index in [1.165, 1.54) is 35.7 Å². The lowest BCUT2D eigenvalue weighted by molar-refractivity contribution is -0.139. The summed E-state index contributed by atoms with van der Waals surface area (Å²) < 4.78 is 46.7. The molecular formula is C15H11ClF3N5O2. The summed E-state index contributed by atoms with van der Waals surface area (Å²) in [5.74, 6) is -0.121. The van der Waals surface area contributed by atoms with E-state index in [9.17, 15) is 18.3 Å². The SMILES string of the molecule is OC(Cn1cncn1)c1cnc(Oc2ccc(Cl)nc2)cc1C(F)(F)F. The molecule has 0 saturated heterocycles. The van der Waals surface area contributed by atoms with E-state index in [0.717, 1.165) is 6.20 Å². The van der Waals surface area contributed by atoms with Crippen LogP contribution < -0.4 is 4.74 Å². The molecule has 3 aromatic rings. The van der Waals surface area contributed by atoms with Crippen LogP contribution in [0.25, 0.3) is 0 Å². The Balaban J connectivity index is 1.89. The Labute approximate surface area is 150 Å². The lowest BCUT2D eigenvalue weighted by atomic mass is 10.0. The highest BCUT2D eigenvalue weighted by Crippen LogP contribution is 2.37. The van der Waals surface area contributed by atoms with Gasteiger partial charge in [0.25, 0.3) is 0 Å². The molecule has 1 unspecified atom stereocenters. The molecule has 11 heteroatoms. The largest absolute Gasteiger partial charge is 0.437 e. The Morgan fingerprint density at radius 3 is 2.65 bits per heavy atom. The summed E-state index contributed by atoms with van der Waals surface area (Å²) in [4.78, 5) is 11.3. The molecule has 0 fully saturated rings. The van der Waals surface area contributed by atoms with Crippen molar-refractivity contribution in [3.05, 3.63) is 59.5 Å².